The molecule has 0 radical (unpaired) electrons. The van der Waals surface area contributed by atoms with Crippen molar-refractivity contribution in [3.63, 3.8) is 0 Å². The Kier molecular flexibility index (Phi) is 4.94. The molecule has 0 heterocycles. The Balaban J connectivity index is 2.53. The molecule has 0 amide bonds. The van der Waals surface area contributed by atoms with E-state index in [1.165, 1.54) is 11.1 Å². The number of carbonyl (C=O) groups is 1. The third-order valence-corrected chi connectivity index (χ3v) is 2.66. The summed E-state index contributed by atoms with van der Waals surface area (Å²) in [6.45, 7) is 10.0. The Morgan fingerprint density at radius 1 is 1.28 bits per heavy atom. The highest BCUT2D eigenvalue weighted by Crippen LogP contribution is 2.17. The molecule has 2 heteroatoms. The summed E-state index contributed by atoms with van der Waals surface area (Å²) in [5.74, 6) is 0.393. The van der Waals surface area contributed by atoms with Crippen LogP contribution in [0, 0.1) is 0 Å². The van der Waals surface area contributed by atoms with E-state index >= 15 is 0 Å². The van der Waals surface area contributed by atoms with Crippen LogP contribution in [0.1, 0.15) is 58.1 Å². The first-order chi connectivity index (χ1) is 8.28. The molecule has 0 unspecified atom stereocenters. The van der Waals surface area contributed by atoms with Gasteiger partial charge in [-0.15, -0.1) is 0 Å². The first-order valence-corrected chi connectivity index (χ1v) is 6.58. The molecule has 0 aliphatic heterocycles. The van der Waals surface area contributed by atoms with E-state index in [9.17, 15) is 4.79 Å². The quantitative estimate of drug-likeness (QED) is 0.750. The highest BCUT2D eigenvalue weighted by molar-refractivity contribution is 5.70. The fourth-order valence-electron chi connectivity index (χ4n) is 1.75. The van der Waals surface area contributed by atoms with Crippen molar-refractivity contribution in [3.05, 3.63) is 35.4 Å². The molecule has 0 aliphatic rings. The summed E-state index contributed by atoms with van der Waals surface area (Å²) in [4.78, 5) is 11.6. The second-order valence-electron chi connectivity index (χ2n) is 5.99. The Labute approximate surface area is 110 Å². The Morgan fingerprint density at radius 3 is 2.50 bits per heavy atom. The molecule has 100 valence electrons. The minimum Gasteiger partial charge on any atom is -0.460 e. The third-order valence-electron chi connectivity index (χ3n) is 2.66. The van der Waals surface area contributed by atoms with Crippen LogP contribution in [0.4, 0.5) is 0 Å². The van der Waals surface area contributed by atoms with Crippen molar-refractivity contribution in [3.8, 4) is 0 Å². The van der Waals surface area contributed by atoms with Crippen LogP contribution >= 0.6 is 0 Å². The van der Waals surface area contributed by atoms with Crippen LogP contribution in [0.5, 0.6) is 0 Å². The lowest BCUT2D eigenvalue weighted by Crippen LogP contribution is -2.24. The Bertz CT molecular complexity index is 400. The van der Waals surface area contributed by atoms with Crippen molar-refractivity contribution in [2.75, 3.05) is 0 Å². The minimum absolute atomic E-state index is 0.127. The average Bonchev–Trinajstić information content (AvgIpc) is 2.24. The number of hydrogen-bond acceptors (Lipinski definition) is 2. The van der Waals surface area contributed by atoms with Crippen LogP contribution in [0.2, 0.25) is 0 Å². The predicted molar refractivity (Wildman–Crippen MR) is 74.7 cm³/mol. The SMILES string of the molecule is CC(C)c1cccc(CCC(=O)OC(C)(C)C)c1. The molecule has 0 aliphatic carbocycles. The van der Waals surface area contributed by atoms with Gasteiger partial charge in [-0.1, -0.05) is 38.1 Å². The fourth-order valence-corrected chi connectivity index (χ4v) is 1.75. The van der Waals surface area contributed by atoms with Gasteiger partial charge in [0, 0.05) is 6.42 Å². The largest absolute Gasteiger partial charge is 0.460 e. The van der Waals surface area contributed by atoms with Crippen molar-refractivity contribution in [1.82, 2.24) is 0 Å². The zero-order chi connectivity index (χ0) is 13.8. The third kappa shape index (κ3) is 5.35. The second kappa shape index (κ2) is 6.03. The van der Waals surface area contributed by atoms with Crippen LogP contribution < -0.4 is 0 Å². The fraction of sp³-hybridized carbons (Fsp3) is 0.562. The highest BCUT2D eigenvalue weighted by Gasteiger charge is 2.15. The summed E-state index contributed by atoms with van der Waals surface area (Å²) in [5, 5.41) is 0. The number of ether oxygens (including phenoxy) is 1. The molecule has 0 N–H and O–H groups in total. The molecule has 0 bridgehead atoms. The van der Waals surface area contributed by atoms with Gasteiger partial charge in [0.1, 0.15) is 5.60 Å². The number of hydrogen-bond donors (Lipinski definition) is 0. The van der Waals surface area contributed by atoms with Crippen LogP contribution in [-0.2, 0) is 16.0 Å². The predicted octanol–water partition coefficient (Wildman–Crippen LogP) is 4.08. The monoisotopic (exact) mass is 248 g/mol. The van der Waals surface area contributed by atoms with Gasteiger partial charge in [-0.05, 0) is 44.2 Å². The van der Waals surface area contributed by atoms with E-state index in [0.717, 1.165) is 6.42 Å². The lowest BCUT2D eigenvalue weighted by molar-refractivity contribution is -0.154. The van der Waals surface area contributed by atoms with E-state index in [1.54, 1.807) is 0 Å². The van der Waals surface area contributed by atoms with Gasteiger partial charge in [0.25, 0.3) is 0 Å². The van der Waals surface area contributed by atoms with E-state index in [-0.39, 0.29) is 5.97 Å². The number of aryl methyl sites for hydroxylation is 1. The van der Waals surface area contributed by atoms with Gasteiger partial charge in [-0.2, -0.15) is 0 Å². The molecule has 0 aromatic heterocycles. The molecule has 1 aromatic rings. The van der Waals surface area contributed by atoms with Gasteiger partial charge >= 0.3 is 5.97 Å². The molecule has 1 aromatic carbocycles. The summed E-state index contributed by atoms with van der Waals surface area (Å²) in [6.07, 6.45) is 1.19. The summed E-state index contributed by atoms with van der Waals surface area (Å²) in [7, 11) is 0. The summed E-state index contributed by atoms with van der Waals surface area (Å²) >= 11 is 0. The van der Waals surface area contributed by atoms with Gasteiger partial charge in [-0.3, -0.25) is 4.79 Å². The topological polar surface area (TPSA) is 26.3 Å². The van der Waals surface area contributed by atoms with E-state index in [2.05, 4.69) is 38.1 Å². The number of benzene rings is 1. The van der Waals surface area contributed by atoms with Crippen molar-refractivity contribution in [2.45, 2.75) is 59.0 Å². The van der Waals surface area contributed by atoms with Crippen molar-refractivity contribution in [2.24, 2.45) is 0 Å². The molecule has 0 saturated carbocycles. The lowest BCUT2D eigenvalue weighted by Gasteiger charge is -2.19. The van der Waals surface area contributed by atoms with Crippen LogP contribution in [0.25, 0.3) is 0 Å². The molecule has 2 nitrogen and oxygen atoms in total. The number of esters is 1. The molecule has 18 heavy (non-hydrogen) atoms. The smallest absolute Gasteiger partial charge is 0.306 e. The van der Waals surface area contributed by atoms with Crippen LogP contribution in [0.3, 0.4) is 0 Å². The van der Waals surface area contributed by atoms with E-state index < -0.39 is 5.60 Å². The maximum atomic E-state index is 11.6. The summed E-state index contributed by atoms with van der Waals surface area (Å²) < 4.78 is 5.30. The second-order valence-corrected chi connectivity index (χ2v) is 5.99. The van der Waals surface area contributed by atoms with Gasteiger partial charge < -0.3 is 4.74 Å². The number of carbonyl (C=O) groups excluding carboxylic acids is 1. The molecule has 0 fully saturated rings. The molecule has 0 spiro atoms. The normalized spacial score (nSPS) is 11.7. The first kappa shape index (κ1) is 14.7. The maximum Gasteiger partial charge on any atom is 0.306 e. The van der Waals surface area contributed by atoms with Crippen molar-refractivity contribution < 1.29 is 9.53 Å². The molecule has 1 rings (SSSR count). The molecule has 0 atom stereocenters. The van der Waals surface area contributed by atoms with Crippen molar-refractivity contribution >= 4 is 5.97 Å². The molecule has 0 saturated heterocycles. The lowest BCUT2D eigenvalue weighted by atomic mass is 9.99. The van der Waals surface area contributed by atoms with Crippen molar-refractivity contribution in [1.29, 1.82) is 0 Å². The molecular weight excluding hydrogens is 224 g/mol. The average molecular weight is 248 g/mol. The summed E-state index contributed by atoms with van der Waals surface area (Å²) in [6, 6.07) is 8.42. The molecular formula is C16H24O2. The van der Waals surface area contributed by atoms with Gasteiger partial charge in [0.2, 0.25) is 0 Å². The Morgan fingerprint density at radius 2 is 1.94 bits per heavy atom. The van der Waals surface area contributed by atoms with E-state index in [0.29, 0.717) is 12.3 Å². The minimum atomic E-state index is -0.392. The van der Waals surface area contributed by atoms with Gasteiger partial charge in [0.15, 0.2) is 0 Å². The summed E-state index contributed by atoms with van der Waals surface area (Å²) in [5.41, 5.74) is 2.13. The first-order valence-electron chi connectivity index (χ1n) is 6.58. The zero-order valence-electron chi connectivity index (χ0n) is 12.1. The van der Waals surface area contributed by atoms with Gasteiger partial charge in [-0.25, -0.2) is 0 Å². The number of rotatable bonds is 4. The van der Waals surface area contributed by atoms with E-state index in [1.807, 2.05) is 20.8 Å². The van der Waals surface area contributed by atoms with Crippen LogP contribution in [-0.4, -0.2) is 11.6 Å². The Hall–Kier alpha value is -1.31. The maximum absolute atomic E-state index is 11.6. The standard InChI is InChI=1S/C16H24O2/c1-12(2)14-8-6-7-13(11-14)9-10-15(17)18-16(3,4)5/h6-8,11-12H,9-10H2,1-5H3. The highest BCUT2D eigenvalue weighted by atomic mass is 16.6. The van der Waals surface area contributed by atoms with Crippen LogP contribution in [0.15, 0.2) is 24.3 Å². The van der Waals surface area contributed by atoms with E-state index in [4.69, 9.17) is 4.74 Å². The van der Waals surface area contributed by atoms with Gasteiger partial charge in [0.05, 0.1) is 0 Å². The zero-order valence-corrected chi connectivity index (χ0v) is 12.1.